The van der Waals surface area contributed by atoms with Crippen molar-refractivity contribution in [1.29, 1.82) is 0 Å². The van der Waals surface area contributed by atoms with Crippen molar-refractivity contribution in [3.63, 3.8) is 0 Å². The van der Waals surface area contributed by atoms with Gasteiger partial charge in [0.05, 0.1) is 24.2 Å². The molecule has 2 rings (SSSR count). The van der Waals surface area contributed by atoms with Crippen LogP contribution in [0.4, 0.5) is 5.00 Å². The summed E-state index contributed by atoms with van der Waals surface area (Å²) in [5.41, 5.74) is 6.24. The van der Waals surface area contributed by atoms with Crippen LogP contribution >= 0.6 is 11.3 Å². The molecule has 0 unspecified atom stereocenters. The van der Waals surface area contributed by atoms with E-state index >= 15 is 0 Å². The number of esters is 1. The maximum Gasteiger partial charge on any atom is 0.341 e. The molecule has 2 amide bonds. The highest BCUT2D eigenvalue weighted by atomic mass is 32.1. The van der Waals surface area contributed by atoms with Gasteiger partial charge in [0.15, 0.2) is 0 Å². The summed E-state index contributed by atoms with van der Waals surface area (Å²) < 4.78 is 10.3. The number of nitrogens with two attached hydrogens (primary N) is 1. The molecule has 0 spiro atoms. The number of anilines is 1. The normalized spacial score (nSPS) is 10.3. The molecule has 1 aromatic carbocycles. The van der Waals surface area contributed by atoms with Gasteiger partial charge in [0.25, 0.3) is 11.8 Å². The third-order valence-electron chi connectivity index (χ3n) is 3.87. The number of methoxy groups -OCH3 is 1. The van der Waals surface area contributed by atoms with Crippen LogP contribution in [0.2, 0.25) is 0 Å². The van der Waals surface area contributed by atoms with Crippen LogP contribution in [-0.4, -0.2) is 31.5 Å². The summed E-state index contributed by atoms with van der Waals surface area (Å²) in [6.45, 7) is 4.28. The molecule has 1 aromatic heterocycles. The first-order chi connectivity index (χ1) is 12.9. The first-order valence-corrected chi connectivity index (χ1v) is 9.26. The highest BCUT2D eigenvalue weighted by Crippen LogP contribution is 2.33. The van der Waals surface area contributed by atoms with Crippen LogP contribution in [0.15, 0.2) is 24.3 Å². The summed E-state index contributed by atoms with van der Waals surface area (Å²) in [4.78, 5) is 36.3. The fourth-order valence-electron chi connectivity index (χ4n) is 2.40. The van der Waals surface area contributed by atoms with Crippen molar-refractivity contribution in [3.05, 3.63) is 45.8 Å². The number of amides is 2. The van der Waals surface area contributed by atoms with Crippen molar-refractivity contribution in [2.45, 2.75) is 26.7 Å². The van der Waals surface area contributed by atoms with E-state index in [9.17, 15) is 14.4 Å². The molecule has 27 heavy (non-hydrogen) atoms. The standard InChI is InChI=1S/C19H22N2O5S/c1-4-5-10-26-13-8-6-12(7-9-13)17(23)21-18-14(19(24)25-3)11(2)15(27-18)16(20)22/h6-9H,4-5,10H2,1-3H3,(H2,20,22)(H,21,23). The van der Waals surface area contributed by atoms with Gasteiger partial charge in [-0.25, -0.2) is 4.79 Å². The van der Waals surface area contributed by atoms with E-state index in [0.29, 0.717) is 23.5 Å². The lowest BCUT2D eigenvalue weighted by Gasteiger charge is -2.08. The van der Waals surface area contributed by atoms with Crippen LogP contribution in [0.3, 0.4) is 0 Å². The van der Waals surface area contributed by atoms with E-state index in [1.807, 2.05) is 0 Å². The van der Waals surface area contributed by atoms with E-state index in [2.05, 4.69) is 12.2 Å². The highest BCUT2D eigenvalue weighted by Gasteiger charge is 2.25. The summed E-state index contributed by atoms with van der Waals surface area (Å²) in [6, 6.07) is 6.67. The predicted molar refractivity (Wildman–Crippen MR) is 104 cm³/mol. The second-order valence-electron chi connectivity index (χ2n) is 5.80. The average Bonchev–Trinajstić information content (AvgIpc) is 2.98. The van der Waals surface area contributed by atoms with E-state index in [1.54, 1.807) is 31.2 Å². The summed E-state index contributed by atoms with van der Waals surface area (Å²) in [6.07, 6.45) is 2.00. The Balaban J connectivity index is 2.21. The number of ether oxygens (including phenoxy) is 2. The Morgan fingerprint density at radius 1 is 1.19 bits per heavy atom. The molecule has 0 bridgehead atoms. The molecule has 2 aromatic rings. The largest absolute Gasteiger partial charge is 0.494 e. The number of carbonyl (C=O) groups is 3. The van der Waals surface area contributed by atoms with Gasteiger partial charge in [-0.3, -0.25) is 9.59 Å². The quantitative estimate of drug-likeness (QED) is 0.531. The molecule has 8 heteroatoms. The van der Waals surface area contributed by atoms with Crippen molar-refractivity contribution < 1.29 is 23.9 Å². The van der Waals surface area contributed by atoms with Gasteiger partial charge in [-0.05, 0) is 43.2 Å². The first kappa shape index (κ1) is 20.4. The Bertz CT molecular complexity index is 843. The van der Waals surface area contributed by atoms with E-state index in [1.165, 1.54) is 7.11 Å². The van der Waals surface area contributed by atoms with E-state index in [0.717, 1.165) is 24.2 Å². The molecule has 3 N–H and O–H groups in total. The molecule has 0 saturated carbocycles. The van der Waals surface area contributed by atoms with Crippen LogP contribution in [0, 0.1) is 6.92 Å². The summed E-state index contributed by atoms with van der Waals surface area (Å²) in [5.74, 6) is -1.06. The van der Waals surface area contributed by atoms with Crippen molar-refractivity contribution in [2.24, 2.45) is 5.73 Å². The minimum absolute atomic E-state index is 0.129. The molecule has 1 heterocycles. The number of rotatable bonds is 8. The van der Waals surface area contributed by atoms with Gasteiger partial charge >= 0.3 is 5.97 Å². The molecule has 0 saturated heterocycles. The van der Waals surface area contributed by atoms with Gasteiger partial charge in [-0.1, -0.05) is 13.3 Å². The fourth-order valence-corrected chi connectivity index (χ4v) is 3.44. The molecule has 0 fully saturated rings. The third kappa shape index (κ3) is 4.85. The van der Waals surface area contributed by atoms with Gasteiger partial charge in [0, 0.05) is 5.56 Å². The van der Waals surface area contributed by atoms with Gasteiger partial charge in [0.2, 0.25) is 0 Å². The van der Waals surface area contributed by atoms with Gasteiger partial charge in [-0.2, -0.15) is 0 Å². The second-order valence-corrected chi connectivity index (χ2v) is 6.82. The van der Waals surface area contributed by atoms with Crippen LogP contribution in [-0.2, 0) is 4.74 Å². The Hall–Kier alpha value is -2.87. The molecular weight excluding hydrogens is 368 g/mol. The number of nitrogens with one attached hydrogen (secondary N) is 1. The second kappa shape index (κ2) is 9.18. The Labute approximate surface area is 161 Å². The van der Waals surface area contributed by atoms with Gasteiger partial charge < -0.3 is 20.5 Å². The van der Waals surface area contributed by atoms with Crippen LogP contribution in [0.25, 0.3) is 0 Å². The SMILES string of the molecule is CCCCOc1ccc(C(=O)Nc2sc(C(N)=O)c(C)c2C(=O)OC)cc1. The lowest BCUT2D eigenvalue weighted by atomic mass is 10.1. The van der Waals surface area contributed by atoms with E-state index in [-0.39, 0.29) is 15.4 Å². The van der Waals surface area contributed by atoms with Crippen LogP contribution in [0.5, 0.6) is 5.75 Å². The van der Waals surface area contributed by atoms with E-state index in [4.69, 9.17) is 15.2 Å². The molecular formula is C19H22N2O5S. The zero-order chi connectivity index (χ0) is 20.0. The van der Waals surface area contributed by atoms with Gasteiger partial charge in [0.1, 0.15) is 10.8 Å². The molecule has 0 aliphatic rings. The molecule has 7 nitrogen and oxygen atoms in total. The average molecular weight is 390 g/mol. The molecule has 0 aliphatic heterocycles. The molecule has 0 atom stereocenters. The monoisotopic (exact) mass is 390 g/mol. The Morgan fingerprint density at radius 3 is 2.41 bits per heavy atom. The molecule has 0 radical (unpaired) electrons. The zero-order valence-electron chi connectivity index (χ0n) is 15.5. The lowest BCUT2D eigenvalue weighted by molar-refractivity contribution is 0.0601. The maximum absolute atomic E-state index is 12.5. The minimum Gasteiger partial charge on any atom is -0.494 e. The van der Waals surface area contributed by atoms with Crippen molar-refractivity contribution in [2.75, 3.05) is 19.0 Å². The fraction of sp³-hybridized carbons (Fsp3) is 0.316. The van der Waals surface area contributed by atoms with Crippen LogP contribution in [0.1, 0.15) is 55.7 Å². The first-order valence-electron chi connectivity index (χ1n) is 8.44. The maximum atomic E-state index is 12.5. The number of unbranched alkanes of at least 4 members (excludes halogenated alkanes) is 1. The molecule has 144 valence electrons. The van der Waals surface area contributed by atoms with Crippen molar-refractivity contribution >= 4 is 34.1 Å². The third-order valence-corrected chi connectivity index (χ3v) is 5.09. The summed E-state index contributed by atoms with van der Waals surface area (Å²) in [7, 11) is 1.23. The van der Waals surface area contributed by atoms with Gasteiger partial charge in [-0.15, -0.1) is 11.3 Å². The highest BCUT2D eigenvalue weighted by molar-refractivity contribution is 7.18. The summed E-state index contributed by atoms with van der Waals surface area (Å²) in [5, 5.41) is 2.88. The number of carbonyl (C=O) groups excluding carboxylic acids is 3. The Kier molecular flexibility index (Phi) is 6.95. The summed E-state index contributed by atoms with van der Waals surface area (Å²) >= 11 is 0.946. The smallest absolute Gasteiger partial charge is 0.341 e. The lowest BCUT2D eigenvalue weighted by Crippen LogP contribution is -2.14. The van der Waals surface area contributed by atoms with E-state index < -0.39 is 17.8 Å². The number of hydrogen-bond donors (Lipinski definition) is 2. The van der Waals surface area contributed by atoms with Crippen LogP contribution < -0.4 is 15.8 Å². The predicted octanol–water partition coefficient (Wildman–Crippen LogP) is 3.37. The number of thiophene rings is 1. The number of hydrogen-bond acceptors (Lipinski definition) is 6. The number of primary amides is 1. The van der Waals surface area contributed by atoms with Crippen molar-refractivity contribution in [1.82, 2.24) is 0 Å². The number of benzene rings is 1. The topological polar surface area (TPSA) is 108 Å². The molecule has 0 aliphatic carbocycles. The minimum atomic E-state index is -0.670. The van der Waals surface area contributed by atoms with Crippen molar-refractivity contribution in [3.8, 4) is 5.75 Å². The zero-order valence-corrected chi connectivity index (χ0v) is 16.3. The Morgan fingerprint density at radius 2 is 1.85 bits per heavy atom.